The molecule has 0 N–H and O–H groups in total. The highest BCUT2D eigenvalue weighted by molar-refractivity contribution is 5.29. The summed E-state index contributed by atoms with van der Waals surface area (Å²) in [4.78, 5) is 0. The number of hydrogen-bond donors (Lipinski definition) is 0. The molecule has 4 unspecified atom stereocenters. The van der Waals surface area contributed by atoms with Crippen molar-refractivity contribution in [2.45, 2.75) is 73.1 Å². The predicted molar refractivity (Wildman–Crippen MR) is 94.6 cm³/mol. The van der Waals surface area contributed by atoms with E-state index in [2.05, 4.69) is 46.8 Å². The minimum absolute atomic E-state index is 0.518. The zero-order chi connectivity index (χ0) is 15.7. The second kappa shape index (κ2) is 4.74. The third kappa shape index (κ3) is 1.95. The fraction of sp³-hybridized carbons (Fsp3) is 0.818. The molecule has 0 bridgehead atoms. The summed E-state index contributed by atoms with van der Waals surface area (Å²) in [7, 11) is 0. The summed E-state index contributed by atoms with van der Waals surface area (Å²) < 4.78 is 0. The highest BCUT2D eigenvalue weighted by Gasteiger charge is 2.56. The van der Waals surface area contributed by atoms with E-state index in [1.54, 1.807) is 5.57 Å². The molecule has 7 atom stereocenters. The van der Waals surface area contributed by atoms with Crippen molar-refractivity contribution in [3.63, 3.8) is 0 Å². The Kier molecular flexibility index (Phi) is 3.24. The van der Waals surface area contributed by atoms with Crippen LogP contribution >= 0.6 is 0 Å². The number of hydrogen-bond acceptors (Lipinski definition) is 0. The lowest BCUT2D eigenvalue weighted by Gasteiger charge is -2.59. The van der Waals surface area contributed by atoms with Crippen molar-refractivity contribution in [1.29, 1.82) is 0 Å². The fourth-order valence-electron chi connectivity index (χ4n) is 7.20. The van der Waals surface area contributed by atoms with Crippen LogP contribution in [0.15, 0.2) is 23.3 Å². The van der Waals surface area contributed by atoms with Crippen LogP contribution in [0, 0.1) is 40.4 Å². The molecule has 0 radical (unpaired) electrons. The molecule has 0 aromatic rings. The fourth-order valence-corrected chi connectivity index (χ4v) is 7.20. The molecule has 0 heteroatoms. The van der Waals surface area contributed by atoms with Crippen molar-refractivity contribution in [1.82, 2.24) is 0 Å². The van der Waals surface area contributed by atoms with Crippen LogP contribution in [0.4, 0.5) is 0 Å². The van der Waals surface area contributed by atoms with Crippen molar-refractivity contribution < 1.29 is 0 Å². The van der Waals surface area contributed by atoms with Gasteiger partial charge in [-0.2, -0.15) is 0 Å². The lowest BCUT2D eigenvalue weighted by Crippen LogP contribution is -2.51. The molecule has 4 aliphatic rings. The van der Waals surface area contributed by atoms with Gasteiger partial charge in [0, 0.05) is 0 Å². The lowest BCUT2D eigenvalue weighted by atomic mass is 9.45. The van der Waals surface area contributed by atoms with Gasteiger partial charge in [0.2, 0.25) is 0 Å². The van der Waals surface area contributed by atoms with Crippen LogP contribution in [0.3, 0.4) is 0 Å². The molecule has 4 rings (SSSR count). The zero-order valence-corrected chi connectivity index (χ0v) is 15.3. The van der Waals surface area contributed by atoms with Crippen molar-refractivity contribution >= 4 is 0 Å². The molecule has 0 aromatic carbocycles. The van der Waals surface area contributed by atoms with Crippen LogP contribution in [-0.2, 0) is 0 Å². The molecule has 0 aliphatic heterocycles. The van der Waals surface area contributed by atoms with E-state index in [0.29, 0.717) is 10.8 Å². The minimum atomic E-state index is 0.518. The summed E-state index contributed by atoms with van der Waals surface area (Å²) >= 11 is 0. The third-order valence-corrected chi connectivity index (χ3v) is 8.21. The second-order valence-corrected chi connectivity index (χ2v) is 9.81. The Hall–Kier alpha value is -0.520. The molecule has 2 fully saturated rings. The monoisotopic (exact) mass is 298 g/mol. The van der Waals surface area contributed by atoms with Gasteiger partial charge in [0.15, 0.2) is 0 Å². The number of rotatable bonds is 0. The highest BCUT2D eigenvalue weighted by atomic mass is 14.6. The van der Waals surface area contributed by atoms with Crippen LogP contribution in [0.5, 0.6) is 0 Å². The first kappa shape index (κ1) is 15.0. The molecule has 22 heavy (non-hydrogen) atoms. The molecule has 0 aromatic heterocycles. The maximum atomic E-state index is 2.68. The Morgan fingerprint density at radius 3 is 2.59 bits per heavy atom. The van der Waals surface area contributed by atoms with E-state index in [4.69, 9.17) is 0 Å². The van der Waals surface area contributed by atoms with Crippen molar-refractivity contribution in [2.75, 3.05) is 0 Å². The van der Waals surface area contributed by atoms with Crippen molar-refractivity contribution in [3.05, 3.63) is 23.3 Å². The standard InChI is InChI=1S/C22H34/c1-14-6-9-22(5)18-7-8-21(4)13-15(2)11-20(21)17(18)12-16(3)19(22)10-14/h10,13-14,16-18,20H,6-9,11-12H2,1-5H3/t14?,16-,17?,18?,20?,21-,22-/m1/s1. The van der Waals surface area contributed by atoms with Gasteiger partial charge in [0.1, 0.15) is 0 Å². The molecular formula is C22H34. The molecule has 0 saturated heterocycles. The molecule has 122 valence electrons. The van der Waals surface area contributed by atoms with Crippen LogP contribution in [0.25, 0.3) is 0 Å². The summed E-state index contributed by atoms with van der Waals surface area (Å²) in [6.45, 7) is 12.5. The normalized spacial score (nSPS) is 54.0. The molecule has 0 spiro atoms. The Labute approximate surface area is 137 Å². The van der Waals surface area contributed by atoms with Gasteiger partial charge in [-0.3, -0.25) is 0 Å². The van der Waals surface area contributed by atoms with Crippen LogP contribution in [-0.4, -0.2) is 0 Å². The lowest BCUT2D eigenvalue weighted by molar-refractivity contribution is -0.0397. The third-order valence-electron chi connectivity index (χ3n) is 8.21. The van der Waals surface area contributed by atoms with E-state index < -0.39 is 0 Å². The van der Waals surface area contributed by atoms with Gasteiger partial charge in [-0.15, -0.1) is 0 Å². The van der Waals surface area contributed by atoms with Gasteiger partial charge in [0.05, 0.1) is 0 Å². The quantitative estimate of drug-likeness (QED) is 0.455. The van der Waals surface area contributed by atoms with Crippen LogP contribution in [0.2, 0.25) is 0 Å². The van der Waals surface area contributed by atoms with Crippen molar-refractivity contribution in [2.24, 2.45) is 40.4 Å². The topological polar surface area (TPSA) is 0 Å². The molecule has 0 heterocycles. The van der Waals surface area contributed by atoms with Crippen molar-refractivity contribution in [3.8, 4) is 0 Å². The first-order chi connectivity index (χ1) is 10.3. The van der Waals surface area contributed by atoms with Gasteiger partial charge in [-0.1, -0.05) is 51.0 Å². The van der Waals surface area contributed by atoms with Gasteiger partial charge in [-0.05, 0) is 85.9 Å². The molecule has 4 aliphatic carbocycles. The van der Waals surface area contributed by atoms with E-state index in [1.165, 1.54) is 38.5 Å². The zero-order valence-electron chi connectivity index (χ0n) is 15.3. The molecular weight excluding hydrogens is 264 g/mol. The maximum absolute atomic E-state index is 2.68. The largest absolute Gasteiger partial charge is 0.0817 e. The summed E-state index contributed by atoms with van der Waals surface area (Å²) in [5.41, 5.74) is 4.56. The van der Waals surface area contributed by atoms with E-state index in [-0.39, 0.29) is 0 Å². The van der Waals surface area contributed by atoms with Gasteiger partial charge < -0.3 is 0 Å². The number of fused-ring (bicyclic) bond motifs is 5. The van der Waals surface area contributed by atoms with Crippen LogP contribution < -0.4 is 0 Å². The Morgan fingerprint density at radius 1 is 1.05 bits per heavy atom. The average Bonchev–Trinajstić information content (AvgIpc) is 2.76. The Bertz CT molecular complexity index is 538. The SMILES string of the molecule is CC1=C[C@@]2(C)CCC3C(C[C@@H](C)C4=CC(C)CC[C@@]43C)C2C1. The predicted octanol–water partition coefficient (Wildman–Crippen LogP) is 6.39. The molecule has 0 nitrogen and oxygen atoms in total. The number of allylic oxidation sites excluding steroid dienone is 4. The van der Waals surface area contributed by atoms with Gasteiger partial charge in [-0.25, -0.2) is 0 Å². The Morgan fingerprint density at radius 2 is 1.82 bits per heavy atom. The molecule has 0 amide bonds. The summed E-state index contributed by atoms with van der Waals surface area (Å²) in [5, 5.41) is 0. The van der Waals surface area contributed by atoms with E-state index in [9.17, 15) is 0 Å². The molecule has 2 saturated carbocycles. The average molecular weight is 299 g/mol. The summed E-state index contributed by atoms with van der Waals surface area (Å²) in [6.07, 6.45) is 13.9. The maximum Gasteiger partial charge on any atom is -0.00824 e. The van der Waals surface area contributed by atoms with E-state index in [0.717, 1.165) is 29.6 Å². The second-order valence-electron chi connectivity index (χ2n) is 9.81. The van der Waals surface area contributed by atoms with Crippen LogP contribution in [0.1, 0.15) is 73.1 Å². The summed E-state index contributed by atoms with van der Waals surface area (Å²) in [5.74, 6) is 4.49. The first-order valence-electron chi connectivity index (χ1n) is 9.74. The summed E-state index contributed by atoms with van der Waals surface area (Å²) in [6, 6.07) is 0. The minimum Gasteiger partial charge on any atom is -0.0817 e. The highest BCUT2D eigenvalue weighted by Crippen LogP contribution is 2.65. The van der Waals surface area contributed by atoms with E-state index >= 15 is 0 Å². The first-order valence-corrected chi connectivity index (χ1v) is 9.74. The smallest absolute Gasteiger partial charge is 0.00824 e. The van der Waals surface area contributed by atoms with Gasteiger partial charge in [0.25, 0.3) is 0 Å². The van der Waals surface area contributed by atoms with Gasteiger partial charge >= 0.3 is 0 Å². The Balaban J connectivity index is 1.72. The van der Waals surface area contributed by atoms with E-state index in [1.807, 2.05) is 5.57 Å².